The maximum absolute atomic E-state index is 11.5. The molecule has 0 aromatic rings. The van der Waals surface area contributed by atoms with Gasteiger partial charge in [0.1, 0.15) is 0 Å². The fourth-order valence-electron chi connectivity index (χ4n) is 1.86. The van der Waals surface area contributed by atoms with Crippen LogP contribution in [0.5, 0.6) is 0 Å². The van der Waals surface area contributed by atoms with Crippen LogP contribution in [0.25, 0.3) is 0 Å². The van der Waals surface area contributed by atoms with Gasteiger partial charge in [-0.25, -0.2) is 0 Å². The van der Waals surface area contributed by atoms with Crippen molar-refractivity contribution in [3.05, 3.63) is 0 Å². The number of hydrogen-bond acceptors (Lipinski definition) is 2. The third-order valence-corrected chi connectivity index (χ3v) is 3.13. The molecule has 0 radical (unpaired) electrons. The van der Waals surface area contributed by atoms with Crippen molar-refractivity contribution < 1.29 is 4.79 Å². The van der Waals surface area contributed by atoms with Gasteiger partial charge in [0.15, 0.2) is 0 Å². The van der Waals surface area contributed by atoms with Crippen molar-refractivity contribution in [3.63, 3.8) is 0 Å². The smallest absolute Gasteiger partial charge is 0.222 e. The molecule has 0 aromatic heterocycles. The van der Waals surface area contributed by atoms with Crippen LogP contribution < -0.4 is 5.32 Å². The molecule has 88 valence electrons. The number of piperidine rings is 1. The lowest BCUT2D eigenvalue weighted by Gasteiger charge is -2.26. The Labute approximate surface area is 93.2 Å². The first-order valence-corrected chi connectivity index (χ1v) is 6.25. The van der Waals surface area contributed by atoms with Gasteiger partial charge in [0.25, 0.3) is 0 Å². The van der Waals surface area contributed by atoms with Crippen LogP contribution in [0.3, 0.4) is 0 Å². The molecule has 1 amide bonds. The number of carbonyl (C=O) groups excluding carboxylic acids is 1. The van der Waals surface area contributed by atoms with Gasteiger partial charge in [-0.15, -0.1) is 0 Å². The van der Waals surface area contributed by atoms with E-state index in [1.54, 1.807) is 0 Å². The summed E-state index contributed by atoms with van der Waals surface area (Å²) < 4.78 is 0. The summed E-state index contributed by atoms with van der Waals surface area (Å²) in [6.45, 7) is 7.32. The van der Waals surface area contributed by atoms with Gasteiger partial charge < -0.3 is 10.2 Å². The van der Waals surface area contributed by atoms with Gasteiger partial charge in [0.2, 0.25) is 5.91 Å². The zero-order valence-electron chi connectivity index (χ0n) is 10.1. The summed E-state index contributed by atoms with van der Waals surface area (Å²) in [5.74, 6) is 0.352. The number of carbonyl (C=O) groups is 1. The molecule has 1 saturated heterocycles. The van der Waals surface area contributed by atoms with Crippen LogP contribution in [-0.4, -0.2) is 36.5 Å². The van der Waals surface area contributed by atoms with Gasteiger partial charge in [-0.1, -0.05) is 6.92 Å². The quantitative estimate of drug-likeness (QED) is 0.681. The standard InChI is InChI=1S/C12H24N2O/c1-3-11(2)13-8-6-10-14-9-5-4-7-12(14)15/h11,13H,3-10H2,1-2H3. The van der Waals surface area contributed by atoms with Gasteiger partial charge in [-0.2, -0.15) is 0 Å². The zero-order valence-corrected chi connectivity index (χ0v) is 10.1. The van der Waals surface area contributed by atoms with Gasteiger partial charge in [0, 0.05) is 25.6 Å². The number of nitrogens with one attached hydrogen (secondary N) is 1. The molecule has 1 aliphatic rings. The highest BCUT2D eigenvalue weighted by Crippen LogP contribution is 2.10. The van der Waals surface area contributed by atoms with E-state index in [9.17, 15) is 4.79 Å². The Kier molecular flexibility index (Phi) is 5.69. The Morgan fingerprint density at radius 3 is 2.93 bits per heavy atom. The molecular weight excluding hydrogens is 188 g/mol. The molecule has 1 N–H and O–H groups in total. The monoisotopic (exact) mass is 212 g/mol. The van der Waals surface area contributed by atoms with Crippen LogP contribution in [0.4, 0.5) is 0 Å². The lowest BCUT2D eigenvalue weighted by Crippen LogP contribution is -2.37. The van der Waals surface area contributed by atoms with Crippen molar-refractivity contribution in [1.82, 2.24) is 10.2 Å². The van der Waals surface area contributed by atoms with Gasteiger partial charge in [-0.05, 0) is 39.2 Å². The Morgan fingerprint density at radius 1 is 1.47 bits per heavy atom. The van der Waals surface area contributed by atoms with Crippen molar-refractivity contribution in [3.8, 4) is 0 Å². The lowest BCUT2D eigenvalue weighted by molar-refractivity contribution is -0.133. The van der Waals surface area contributed by atoms with Gasteiger partial charge in [0.05, 0.1) is 0 Å². The minimum atomic E-state index is 0.352. The molecule has 3 nitrogen and oxygen atoms in total. The van der Waals surface area contributed by atoms with Gasteiger partial charge in [-0.3, -0.25) is 4.79 Å². The Balaban J connectivity index is 2.06. The number of amides is 1. The second kappa shape index (κ2) is 6.83. The Morgan fingerprint density at radius 2 is 2.27 bits per heavy atom. The SMILES string of the molecule is CCC(C)NCCCN1CCCCC1=O. The molecule has 3 heteroatoms. The fraction of sp³-hybridized carbons (Fsp3) is 0.917. The fourth-order valence-corrected chi connectivity index (χ4v) is 1.86. The highest BCUT2D eigenvalue weighted by atomic mass is 16.2. The molecule has 1 atom stereocenters. The van der Waals surface area contributed by atoms with E-state index in [-0.39, 0.29) is 0 Å². The molecule has 0 saturated carbocycles. The van der Waals surface area contributed by atoms with E-state index in [2.05, 4.69) is 19.2 Å². The second-order valence-corrected chi connectivity index (χ2v) is 4.45. The van der Waals surface area contributed by atoms with Crippen LogP contribution >= 0.6 is 0 Å². The Hall–Kier alpha value is -0.570. The normalized spacial score (nSPS) is 19.3. The molecule has 1 heterocycles. The lowest BCUT2D eigenvalue weighted by atomic mass is 10.1. The van der Waals surface area contributed by atoms with E-state index < -0.39 is 0 Å². The molecule has 0 aliphatic carbocycles. The average molecular weight is 212 g/mol. The third kappa shape index (κ3) is 4.65. The maximum atomic E-state index is 11.5. The van der Waals surface area contributed by atoms with Crippen molar-refractivity contribution in [1.29, 1.82) is 0 Å². The van der Waals surface area contributed by atoms with Crippen LogP contribution in [0.2, 0.25) is 0 Å². The summed E-state index contributed by atoms with van der Waals surface area (Å²) in [4.78, 5) is 13.5. The zero-order chi connectivity index (χ0) is 11.1. The predicted octanol–water partition coefficient (Wildman–Crippen LogP) is 1.78. The third-order valence-electron chi connectivity index (χ3n) is 3.13. The first kappa shape index (κ1) is 12.5. The van der Waals surface area contributed by atoms with Crippen LogP contribution in [0.15, 0.2) is 0 Å². The van der Waals surface area contributed by atoms with E-state index >= 15 is 0 Å². The first-order valence-electron chi connectivity index (χ1n) is 6.25. The summed E-state index contributed by atoms with van der Waals surface area (Å²) in [5.41, 5.74) is 0. The van der Waals surface area contributed by atoms with Crippen LogP contribution in [-0.2, 0) is 4.79 Å². The summed E-state index contributed by atoms with van der Waals surface area (Å²) in [7, 11) is 0. The second-order valence-electron chi connectivity index (χ2n) is 4.45. The van der Waals surface area contributed by atoms with E-state index in [1.165, 1.54) is 12.8 Å². The average Bonchev–Trinajstić information content (AvgIpc) is 2.26. The molecule has 1 fully saturated rings. The number of rotatable bonds is 6. The summed E-state index contributed by atoms with van der Waals surface area (Å²) in [6, 6.07) is 0.599. The first-order chi connectivity index (χ1) is 7.24. The van der Waals surface area contributed by atoms with E-state index in [1.807, 2.05) is 4.90 Å². The largest absolute Gasteiger partial charge is 0.343 e. The van der Waals surface area contributed by atoms with Crippen molar-refractivity contribution in [2.24, 2.45) is 0 Å². The van der Waals surface area contributed by atoms with Gasteiger partial charge >= 0.3 is 0 Å². The van der Waals surface area contributed by atoms with Crippen molar-refractivity contribution >= 4 is 5.91 Å². The number of hydrogen-bond donors (Lipinski definition) is 1. The summed E-state index contributed by atoms with van der Waals surface area (Å²) >= 11 is 0. The Bertz CT molecular complexity index is 194. The summed E-state index contributed by atoms with van der Waals surface area (Å²) in [5, 5.41) is 3.45. The topological polar surface area (TPSA) is 32.3 Å². The van der Waals surface area contributed by atoms with Crippen molar-refractivity contribution in [2.45, 2.75) is 52.0 Å². The van der Waals surface area contributed by atoms with Crippen molar-refractivity contribution in [2.75, 3.05) is 19.6 Å². The molecule has 0 bridgehead atoms. The molecule has 0 aromatic carbocycles. The summed E-state index contributed by atoms with van der Waals surface area (Å²) in [6.07, 6.45) is 5.28. The van der Waals surface area contributed by atoms with E-state index in [0.717, 1.165) is 38.9 Å². The molecule has 0 spiro atoms. The highest BCUT2D eigenvalue weighted by molar-refractivity contribution is 5.76. The van der Waals surface area contributed by atoms with Crippen LogP contribution in [0, 0.1) is 0 Å². The predicted molar refractivity (Wildman–Crippen MR) is 62.8 cm³/mol. The number of nitrogens with zero attached hydrogens (tertiary/aromatic N) is 1. The molecule has 1 unspecified atom stereocenters. The molecular formula is C12H24N2O. The molecule has 1 rings (SSSR count). The van der Waals surface area contributed by atoms with E-state index in [4.69, 9.17) is 0 Å². The highest BCUT2D eigenvalue weighted by Gasteiger charge is 2.16. The van der Waals surface area contributed by atoms with E-state index in [0.29, 0.717) is 11.9 Å². The minimum Gasteiger partial charge on any atom is -0.343 e. The molecule has 1 aliphatic heterocycles. The number of likely N-dealkylation sites (tertiary alicyclic amines) is 1. The van der Waals surface area contributed by atoms with Crippen LogP contribution in [0.1, 0.15) is 46.0 Å². The minimum absolute atomic E-state index is 0.352. The molecule has 15 heavy (non-hydrogen) atoms. The maximum Gasteiger partial charge on any atom is 0.222 e.